The molecule has 2 aromatic rings. The third-order valence-electron chi connectivity index (χ3n) is 3.70. The fourth-order valence-electron chi connectivity index (χ4n) is 2.21. The largest absolute Gasteiger partial charge is 0.481 e. The quantitative estimate of drug-likeness (QED) is 0.919. The fraction of sp³-hybridized carbons (Fsp3) is 0.467. The lowest BCUT2D eigenvalue weighted by Gasteiger charge is -2.19. The first-order chi connectivity index (χ1) is 8.87. The van der Waals surface area contributed by atoms with Crippen LogP contribution in [0.5, 0.6) is 0 Å². The molecule has 4 heteroatoms. The van der Waals surface area contributed by atoms with Gasteiger partial charge >= 0.3 is 5.97 Å². The van der Waals surface area contributed by atoms with Crippen LogP contribution in [0.1, 0.15) is 38.6 Å². The minimum absolute atomic E-state index is 0.786. The van der Waals surface area contributed by atoms with Gasteiger partial charge in [0.25, 0.3) is 0 Å². The van der Waals surface area contributed by atoms with E-state index >= 15 is 0 Å². The van der Waals surface area contributed by atoms with Crippen LogP contribution in [0, 0.1) is 0 Å². The van der Waals surface area contributed by atoms with Crippen molar-refractivity contribution in [3.63, 3.8) is 0 Å². The van der Waals surface area contributed by atoms with E-state index in [-0.39, 0.29) is 0 Å². The zero-order valence-corrected chi connectivity index (χ0v) is 11.9. The predicted molar refractivity (Wildman–Crippen MR) is 75.4 cm³/mol. The summed E-state index contributed by atoms with van der Waals surface area (Å²) in [5.74, 6) is 0.222. The Hall–Kier alpha value is -1.84. The van der Waals surface area contributed by atoms with Gasteiger partial charge in [-0.1, -0.05) is 13.0 Å². The van der Waals surface area contributed by atoms with Crippen molar-refractivity contribution in [1.82, 2.24) is 9.55 Å². The van der Waals surface area contributed by atoms with Gasteiger partial charge in [0.15, 0.2) is 0 Å². The van der Waals surface area contributed by atoms with E-state index in [2.05, 4.69) is 16.5 Å². The standard InChI is InChI=1S/C15H20N2O2/c1-5-6-13-16-11-9-10(15(2,3)14(18)19)7-8-12(11)17(13)4/h7-9H,5-6H2,1-4H3,(H,18,19). The second kappa shape index (κ2) is 4.68. The van der Waals surface area contributed by atoms with Crippen LogP contribution in [0.15, 0.2) is 18.2 Å². The average molecular weight is 260 g/mol. The molecule has 0 aliphatic carbocycles. The van der Waals surface area contributed by atoms with Crippen LogP contribution >= 0.6 is 0 Å². The summed E-state index contributed by atoms with van der Waals surface area (Å²) >= 11 is 0. The maximum absolute atomic E-state index is 11.3. The van der Waals surface area contributed by atoms with E-state index in [0.717, 1.165) is 35.3 Å². The smallest absolute Gasteiger partial charge is 0.313 e. The molecule has 0 saturated heterocycles. The Morgan fingerprint density at radius 2 is 2.11 bits per heavy atom. The van der Waals surface area contributed by atoms with Gasteiger partial charge in [0.05, 0.1) is 16.4 Å². The highest BCUT2D eigenvalue weighted by Gasteiger charge is 2.29. The Balaban J connectivity index is 2.55. The molecule has 1 heterocycles. The molecule has 0 aliphatic rings. The summed E-state index contributed by atoms with van der Waals surface area (Å²) in [4.78, 5) is 15.9. The van der Waals surface area contributed by atoms with Crippen LogP contribution in [0.3, 0.4) is 0 Å². The number of aryl methyl sites for hydroxylation is 2. The molecule has 0 fully saturated rings. The van der Waals surface area contributed by atoms with E-state index in [0.29, 0.717) is 0 Å². The highest BCUT2D eigenvalue weighted by atomic mass is 16.4. The third-order valence-corrected chi connectivity index (χ3v) is 3.70. The van der Waals surface area contributed by atoms with E-state index in [4.69, 9.17) is 0 Å². The normalized spacial score (nSPS) is 12.0. The number of rotatable bonds is 4. The van der Waals surface area contributed by atoms with Gasteiger partial charge in [-0.2, -0.15) is 0 Å². The van der Waals surface area contributed by atoms with Crippen molar-refractivity contribution in [3.8, 4) is 0 Å². The highest BCUT2D eigenvalue weighted by Crippen LogP contribution is 2.27. The molecule has 1 aromatic heterocycles. The molecule has 1 aromatic carbocycles. The summed E-state index contributed by atoms with van der Waals surface area (Å²) in [6.07, 6.45) is 1.98. The maximum atomic E-state index is 11.3. The lowest BCUT2D eigenvalue weighted by molar-refractivity contribution is -0.142. The number of carboxylic acid groups (broad SMARTS) is 1. The van der Waals surface area contributed by atoms with Crippen molar-refractivity contribution < 1.29 is 9.90 Å². The molecule has 102 valence electrons. The first kappa shape index (κ1) is 13.6. The van der Waals surface area contributed by atoms with E-state index < -0.39 is 11.4 Å². The van der Waals surface area contributed by atoms with E-state index in [1.54, 1.807) is 13.8 Å². The molecule has 0 aliphatic heterocycles. The van der Waals surface area contributed by atoms with Crippen molar-refractivity contribution in [1.29, 1.82) is 0 Å². The van der Waals surface area contributed by atoms with Crippen LogP contribution in [0.25, 0.3) is 11.0 Å². The van der Waals surface area contributed by atoms with Crippen molar-refractivity contribution in [2.24, 2.45) is 7.05 Å². The number of imidazole rings is 1. The fourth-order valence-corrected chi connectivity index (χ4v) is 2.21. The molecular weight excluding hydrogens is 240 g/mol. The van der Waals surface area contributed by atoms with Crippen molar-refractivity contribution in [2.45, 2.75) is 39.0 Å². The second-order valence-electron chi connectivity index (χ2n) is 5.47. The third kappa shape index (κ3) is 2.23. The minimum Gasteiger partial charge on any atom is -0.481 e. The predicted octanol–water partition coefficient (Wildman–Crippen LogP) is 2.89. The number of benzene rings is 1. The van der Waals surface area contributed by atoms with Gasteiger partial charge in [0, 0.05) is 13.5 Å². The number of carbonyl (C=O) groups is 1. The van der Waals surface area contributed by atoms with Crippen LogP contribution in [-0.4, -0.2) is 20.6 Å². The maximum Gasteiger partial charge on any atom is 0.313 e. The van der Waals surface area contributed by atoms with Gasteiger partial charge < -0.3 is 9.67 Å². The molecule has 0 bridgehead atoms. The summed E-state index contributed by atoms with van der Waals surface area (Å²) in [7, 11) is 2.00. The van der Waals surface area contributed by atoms with Gasteiger partial charge in [0.1, 0.15) is 5.82 Å². The van der Waals surface area contributed by atoms with Crippen molar-refractivity contribution in [3.05, 3.63) is 29.6 Å². The minimum atomic E-state index is -0.892. The number of aromatic nitrogens is 2. The van der Waals surface area contributed by atoms with Crippen molar-refractivity contribution in [2.75, 3.05) is 0 Å². The van der Waals surface area contributed by atoms with E-state index in [1.807, 2.05) is 25.2 Å². The first-order valence-corrected chi connectivity index (χ1v) is 6.57. The Kier molecular flexibility index (Phi) is 3.35. The summed E-state index contributed by atoms with van der Waals surface area (Å²) in [6.45, 7) is 5.55. The molecule has 1 N–H and O–H groups in total. The lowest BCUT2D eigenvalue weighted by atomic mass is 9.85. The zero-order chi connectivity index (χ0) is 14.2. The molecule has 0 atom stereocenters. The summed E-state index contributed by atoms with van der Waals surface area (Å²) < 4.78 is 2.08. The summed E-state index contributed by atoms with van der Waals surface area (Å²) in [5, 5.41) is 9.29. The van der Waals surface area contributed by atoms with Crippen LogP contribution in [0.2, 0.25) is 0 Å². The Morgan fingerprint density at radius 1 is 1.42 bits per heavy atom. The number of nitrogens with zero attached hydrogens (tertiary/aromatic N) is 2. The van der Waals surface area contributed by atoms with E-state index in [9.17, 15) is 9.90 Å². The molecule has 2 rings (SSSR count). The molecular formula is C15H20N2O2. The molecule has 0 spiro atoms. The lowest BCUT2D eigenvalue weighted by Crippen LogP contribution is -2.28. The number of hydrogen-bond donors (Lipinski definition) is 1. The second-order valence-corrected chi connectivity index (χ2v) is 5.47. The zero-order valence-electron chi connectivity index (χ0n) is 11.9. The molecule has 0 amide bonds. The average Bonchev–Trinajstić information content (AvgIpc) is 2.66. The Labute approximate surface area is 113 Å². The monoisotopic (exact) mass is 260 g/mol. The molecule has 19 heavy (non-hydrogen) atoms. The number of carboxylic acids is 1. The Bertz CT molecular complexity index is 626. The topological polar surface area (TPSA) is 55.1 Å². The number of aliphatic carboxylic acids is 1. The van der Waals surface area contributed by atoms with Gasteiger partial charge in [-0.15, -0.1) is 0 Å². The first-order valence-electron chi connectivity index (χ1n) is 6.57. The van der Waals surface area contributed by atoms with Crippen LogP contribution in [-0.2, 0) is 23.7 Å². The van der Waals surface area contributed by atoms with Gasteiger partial charge in [-0.3, -0.25) is 4.79 Å². The molecule has 0 unspecified atom stereocenters. The molecule has 4 nitrogen and oxygen atoms in total. The van der Waals surface area contributed by atoms with Crippen LogP contribution in [0.4, 0.5) is 0 Å². The van der Waals surface area contributed by atoms with Gasteiger partial charge in [-0.25, -0.2) is 4.98 Å². The van der Waals surface area contributed by atoms with Crippen molar-refractivity contribution >= 4 is 17.0 Å². The SMILES string of the molecule is CCCc1nc2cc(C(C)(C)C(=O)O)ccc2n1C. The summed E-state index contributed by atoms with van der Waals surface area (Å²) in [6, 6.07) is 5.73. The highest BCUT2D eigenvalue weighted by molar-refractivity contribution is 5.84. The number of hydrogen-bond acceptors (Lipinski definition) is 2. The van der Waals surface area contributed by atoms with Crippen LogP contribution < -0.4 is 0 Å². The molecule has 0 radical (unpaired) electrons. The van der Waals surface area contributed by atoms with Gasteiger partial charge in [-0.05, 0) is 38.0 Å². The Morgan fingerprint density at radius 3 is 2.68 bits per heavy atom. The summed E-state index contributed by atoms with van der Waals surface area (Å²) in [5.41, 5.74) is 1.82. The van der Waals surface area contributed by atoms with E-state index in [1.165, 1.54) is 0 Å². The number of fused-ring (bicyclic) bond motifs is 1. The molecule has 0 saturated carbocycles. The van der Waals surface area contributed by atoms with Gasteiger partial charge in [0.2, 0.25) is 0 Å².